The molecule has 0 amide bonds. The first-order valence-corrected chi connectivity index (χ1v) is 12.6. The minimum atomic E-state index is -0.141. The predicted molar refractivity (Wildman–Crippen MR) is 126 cm³/mol. The fraction of sp³-hybridized carbons (Fsp3) is 0.680. The number of rotatable bonds is 4. The number of benzene rings is 1. The molecule has 30 heavy (non-hydrogen) atoms. The number of ether oxygens (including phenoxy) is 1. The zero-order valence-corrected chi connectivity index (χ0v) is 19.7. The van der Waals surface area contributed by atoms with Crippen LogP contribution in [0.5, 0.6) is 0 Å². The van der Waals surface area contributed by atoms with E-state index in [2.05, 4.69) is 44.7 Å². The molecule has 1 aliphatic heterocycles. The van der Waals surface area contributed by atoms with E-state index in [4.69, 9.17) is 9.73 Å². The Kier molecular flexibility index (Phi) is 6.46. The molecule has 2 fully saturated rings. The first-order chi connectivity index (χ1) is 14.4. The van der Waals surface area contributed by atoms with Gasteiger partial charge in [-0.15, -0.1) is 0 Å². The third kappa shape index (κ3) is 4.55. The molecular weight excluding hydrogens is 390 g/mol. The van der Waals surface area contributed by atoms with Gasteiger partial charge in [0.05, 0.1) is 35.1 Å². The van der Waals surface area contributed by atoms with Crippen molar-refractivity contribution in [3.63, 3.8) is 0 Å². The zero-order chi connectivity index (χ0) is 21.3. The quantitative estimate of drug-likeness (QED) is 0.595. The normalized spacial score (nSPS) is 24.8. The molecule has 1 saturated carbocycles. The summed E-state index contributed by atoms with van der Waals surface area (Å²) in [4.78, 5) is 7.84. The van der Waals surface area contributed by atoms with Crippen LogP contribution >= 0.6 is 11.8 Å². The van der Waals surface area contributed by atoms with Gasteiger partial charge in [-0.2, -0.15) is 5.26 Å². The number of fused-ring (bicyclic) bond motifs is 1. The van der Waals surface area contributed by atoms with Crippen molar-refractivity contribution in [1.82, 2.24) is 4.90 Å². The largest absolute Gasteiger partial charge is 0.371 e. The van der Waals surface area contributed by atoms with E-state index in [0.717, 1.165) is 35.0 Å². The van der Waals surface area contributed by atoms with Crippen molar-refractivity contribution >= 4 is 22.6 Å². The van der Waals surface area contributed by atoms with Crippen LogP contribution in [-0.2, 0) is 17.6 Å². The summed E-state index contributed by atoms with van der Waals surface area (Å²) < 4.78 is 6.38. The molecule has 2 aliphatic carbocycles. The SMILES string of the molecule is CC(OC(C)(C)C)[C@H]1CSC(=Nc2ccc(C#N)c3c2CCCC3)N1C1CCCC1. The molecule has 162 valence electrons. The topological polar surface area (TPSA) is 48.6 Å². The second kappa shape index (κ2) is 8.93. The summed E-state index contributed by atoms with van der Waals surface area (Å²) in [6.07, 6.45) is 9.72. The molecule has 0 aromatic heterocycles. The van der Waals surface area contributed by atoms with E-state index in [0.29, 0.717) is 12.1 Å². The lowest BCUT2D eigenvalue weighted by Gasteiger charge is -2.37. The molecular formula is C25H35N3OS. The molecule has 4 rings (SSSR count). The summed E-state index contributed by atoms with van der Waals surface area (Å²) in [6.45, 7) is 8.65. The fourth-order valence-corrected chi connectivity index (χ4v) is 6.66. The minimum Gasteiger partial charge on any atom is -0.371 e. The van der Waals surface area contributed by atoms with Crippen LogP contribution in [0.4, 0.5) is 5.69 Å². The lowest BCUT2D eigenvalue weighted by Crippen LogP contribution is -2.48. The van der Waals surface area contributed by atoms with Gasteiger partial charge < -0.3 is 9.64 Å². The molecule has 0 radical (unpaired) electrons. The number of amidine groups is 1. The molecule has 1 unspecified atom stereocenters. The highest BCUT2D eigenvalue weighted by atomic mass is 32.2. The summed E-state index contributed by atoms with van der Waals surface area (Å²) in [7, 11) is 0. The van der Waals surface area contributed by atoms with Crippen LogP contribution in [0.25, 0.3) is 0 Å². The summed E-state index contributed by atoms with van der Waals surface area (Å²) >= 11 is 1.89. The van der Waals surface area contributed by atoms with Crippen molar-refractivity contribution in [2.45, 2.75) is 103 Å². The first-order valence-electron chi connectivity index (χ1n) is 11.6. The predicted octanol–water partition coefficient (Wildman–Crippen LogP) is 5.99. The molecule has 1 heterocycles. The number of aliphatic imine (C=N–C) groups is 1. The van der Waals surface area contributed by atoms with Gasteiger partial charge in [-0.1, -0.05) is 24.6 Å². The van der Waals surface area contributed by atoms with E-state index in [1.54, 1.807) is 0 Å². The Morgan fingerprint density at radius 3 is 2.50 bits per heavy atom. The van der Waals surface area contributed by atoms with Crippen LogP contribution in [0, 0.1) is 11.3 Å². The van der Waals surface area contributed by atoms with E-state index >= 15 is 0 Å². The van der Waals surface area contributed by atoms with Crippen molar-refractivity contribution in [2.75, 3.05) is 5.75 Å². The lowest BCUT2D eigenvalue weighted by molar-refractivity contribution is -0.0763. The Hall–Kier alpha value is -1.51. The van der Waals surface area contributed by atoms with Crippen molar-refractivity contribution < 1.29 is 4.74 Å². The van der Waals surface area contributed by atoms with Crippen molar-refractivity contribution in [3.8, 4) is 6.07 Å². The highest BCUT2D eigenvalue weighted by molar-refractivity contribution is 8.14. The molecule has 0 spiro atoms. The summed E-state index contributed by atoms with van der Waals surface area (Å²) in [6, 6.07) is 7.38. The lowest BCUT2D eigenvalue weighted by atomic mass is 9.87. The van der Waals surface area contributed by atoms with Gasteiger partial charge in [0.25, 0.3) is 0 Å². The van der Waals surface area contributed by atoms with Gasteiger partial charge >= 0.3 is 0 Å². The van der Waals surface area contributed by atoms with Gasteiger partial charge in [0, 0.05) is 11.8 Å². The maximum absolute atomic E-state index is 9.53. The number of thioether (sulfide) groups is 1. The molecule has 1 saturated heterocycles. The van der Waals surface area contributed by atoms with Crippen molar-refractivity contribution in [1.29, 1.82) is 5.26 Å². The standard InChI is InChI=1S/C25H35N3OS/c1-17(29-25(2,3)4)23-16-30-24(28(23)19-9-5-6-10-19)27-22-14-13-18(15-26)20-11-7-8-12-21(20)22/h13-14,17,19,23H,5-12,16H2,1-4H3/t17?,23-/m1/s1. The van der Waals surface area contributed by atoms with Crippen molar-refractivity contribution in [2.24, 2.45) is 4.99 Å². The van der Waals surface area contributed by atoms with Gasteiger partial charge in [0.15, 0.2) is 5.17 Å². The molecule has 2 atom stereocenters. The molecule has 4 nitrogen and oxygen atoms in total. The molecule has 1 aromatic carbocycles. The van der Waals surface area contributed by atoms with E-state index in [9.17, 15) is 5.26 Å². The summed E-state index contributed by atoms with van der Waals surface area (Å²) in [5.41, 5.74) is 4.33. The van der Waals surface area contributed by atoms with Crippen LogP contribution < -0.4 is 0 Å². The summed E-state index contributed by atoms with van der Waals surface area (Å²) in [5, 5.41) is 10.7. The van der Waals surface area contributed by atoms with Gasteiger partial charge in [-0.3, -0.25) is 0 Å². The van der Waals surface area contributed by atoms with Gasteiger partial charge in [0.2, 0.25) is 0 Å². The zero-order valence-electron chi connectivity index (χ0n) is 18.9. The number of nitrogens with zero attached hydrogens (tertiary/aromatic N) is 3. The third-order valence-corrected chi connectivity index (χ3v) is 7.68. The second-order valence-corrected chi connectivity index (χ2v) is 10.9. The monoisotopic (exact) mass is 425 g/mol. The Morgan fingerprint density at radius 1 is 1.13 bits per heavy atom. The molecule has 1 aromatic rings. The van der Waals surface area contributed by atoms with Crippen LogP contribution in [0.15, 0.2) is 17.1 Å². The van der Waals surface area contributed by atoms with E-state index in [1.807, 2.05) is 17.8 Å². The smallest absolute Gasteiger partial charge is 0.165 e. The molecule has 0 bridgehead atoms. The van der Waals surface area contributed by atoms with Crippen molar-refractivity contribution in [3.05, 3.63) is 28.8 Å². The van der Waals surface area contributed by atoms with Gasteiger partial charge in [-0.25, -0.2) is 4.99 Å². The van der Waals surface area contributed by atoms with Crippen LogP contribution in [0.3, 0.4) is 0 Å². The third-order valence-electron chi connectivity index (χ3n) is 6.61. The fourth-order valence-electron chi connectivity index (χ4n) is 5.32. The Morgan fingerprint density at radius 2 is 1.83 bits per heavy atom. The average Bonchev–Trinajstić information content (AvgIpc) is 3.36. The second-order valence-electron chi connectivity index (χ2n) is 9.96. The Bertz CT molecular complexity index is 845. The Labute approximate surface area is 186 Å². The number of hydrogen-bond donors (Lipinski definition) is 0. The molecule has 5 heteroatoms. The maximum Gasteiger partial charge on any atom is 0.165 e. The molecule has 3 aliphatic rings. The maximum atomic E-state index is 9.53. The Balaban J connectivity index is 1.67. The highest BCUT2D eigenvalue weighted by Crippen LogP contribution is 2.39. The average molecular weight is 426 g/mol. The molecule has 0 N–H and O–H groups in total. The summed E-state index contributed by atoms with van der Waals surface area (Å²) in [5.74, 6) is 1.03. The van der Waals surface area contributed by atoms with Gasteiger partial charge in [0.1, 0.15) is 0 Å². The minimum absolute atomic E-state index is 0.141. The number of hydrogen-bond acceptors (Lipinski definition) is 4. The first kappa shape index (κ1) is 21.7. The van der Waals surface area contributed by atoms with E-state index in [1.165, 1.54) is 49.7 Å². The van der Waals surface area contributed by atoms with E-state index < -0.39 is 0 Å². The van der Waals surface area contributed by atoms with Crippen LogP contribution in [-0.4, -0.2) is 39.6 Å². The number of nitriles is 1. The van der Waals surface area contributed by atoms with Gasteiger partial charge in [-0.05, 0) is 89.5 Å². The van der Waals surface area contributed by atoms with Crippen LogP contribution in [0.1, 0.15) is 82.9 Å². The van der Waals surface area contributed by atoms with E-state index in [-0.39, 0.29) is 11.7 Å². The van der Waals surface area contributed by atoms with Crippen LogP contribution in [0.2, 0.25) is 0 Å². The highest BCUT2D eigenvalue weighted by Gasteiger charge is 2.41.